The number of aromatic amines is 2. The van der Waals surface area contributed by atoms with Gasteiger partial charge in [0.15, 0.2) is 0 Å². The zero-order chi connectivity index (χ0) is 20.6. The van der Waals surface area contributed by atoms with E-state index in [1.165, 1.54) is 44.9 Å². The second-order valence-corrected chi connectivity index (χ2v) is 10.3. The van der Waals surface area contributed by atoms with Gasteiger partial charge in [-0.25, -0.2) is 0 Å². The Labute approximate surface area is 174 Å². The Kier molecular flexibility index (Phi) is 5.06. The van der Waals surface area contributed by atoms with E-state index in [-0.39, 0.29) is 5.41 Å². The van der Waals surface area contributed by atoms with Gasteiger partial charge in [-0.3, -0.25) is 0 Å². The first kappa shape index (κ1) is 19.8. The molecular formula is C27H34N2. The number of rotatable bonds is 7. The van der Waals surface area contributed by atoms with Crippen molar-refractivity contribution in [2.75, 3.05) is 0 Å². The van der Waals surface area contributed by atoms with Gasteiger partial charge in [0, 0.05) is 34.2 Å². The van der Waals surface area contributed by atoms with Crippen molar-refractivity contribution in [2.45, 2.75) is 60.3 Å². The molecule has 2 N–H and O–H groups in total. The van der Waals surface area contributed by atoms with Gasteiger partial charge in [0.05, 0.1) is 0 Å². The minimum Gasteiger partial charge on any atom is -0.361 e. The van der Waals surface area contributed by atoms with E-state index < -0.39 is 0 Å². The molecule has 0 aliphatic heterocycles. The van der Waals surface area contributed by atoms with Crippen LogP contribution in [0.2, 0.25) is 0 Å². The second-order valence-electron chi connectivity index (χ2n) is 10.3. The first-order valence-electron chi connectivity index (χ1n) is 10.9. The Bertz CT molecular complexity index is 1120. The number of benzene rings is 2. The zero-order valence-electron chi connectivity index (χ0n) is 18.5. The fourth-order valence-electron chi connectivity index (χ4n) is 4.54. The fourth-order valence-corrected chi connectivity index (χ4v) is 4.54. The number of H-pyrrole nitrogens is 2. The third-order valence-corrected chi connectivity index (χ3v) is 6.48. The highest BCUT2D eigenvalue weighted by Crippen LogP contribution is 2.33. The second kappa shape index (κ2) is 7.40. The summed E-state index contributed by atoms with van der Waals surface area (Å²) in [5.41, 5.74) is 7.30. The van der Waals surface area contributed by atoms with Gasteiger partial charge in [0.25, 0.3) is 0 Å². The molecule has 2 heterocycles. The molecule has 0 aliphatic carbocycles. The number of hydrogen-bond donors (Lipinski definition) is 2. The zero-order valence-corrected chi connectivity index (χ0v) is 18.5. The van der Waals surface area contributed by atoms with Gasteiger partial charge in [0.2, 0.25) is 0 Å². The summed E-state index contributed by atoms with van der Waals surface area (Å²) >= 11 is 0. The van der Waals surface area contributed by atoms with Crippen LogP contribution in [0.1, 0.15) is 57.7 Å². The molecule has 0 saturated carbocycles. The SMILES string of the molecule is CCC(C)(C)Cc1c[nH]c2cc(CC(C)(C)Cc3c[nH]c4ccccc34)ccc12. The molecule has 152 valence electrons. The molecule has 29 heavy (non-hydrogen) atoms. The quantitative estimate of drug-likeness (QED) is 0.331. The highest BCUT2D eigenvalue weighted by atomic mass is 14.7. The molecule has 0 unspecified atom stereocenters. The van der Waals surface area contributed by atoms with Crippen LogP contribution >= 0.6 is 0 Å². The smallest absolute Gasteiger partial charge is 0.0459 e. The minimum atomic E-state index is 0.193. The van der Waals surface area contributed by atoms with Gasteiger partial charge < -0.3 is 9.97 Å². The van der Waals surface area contributed by atoms with Crippen molar-refractivity contribution in [2.24, 2.45) is 10.8 Å². The van der Waals surface area contributed by atoms with Crippen molar-refractivity contribution in [3.8, 4) is 0 Å². The number of para-hydroxylation sites is 1. The summed E-state index contributed by atoms with van der Waals surface area (Å²) in [4.78, 5) is 6.95. The maximum absolute atomic E-state index is 3.53. The monoisotopic (exact) mass is 386 g/mol. The molecule has 4 rings (SSSR count). The van der Waals surface area contributed by atoms with Crippen LogP contribution in [0.3, 0.4) is 0 Å². The fraction of sp³-hybridized carbons (Fsp3) is 0.407. The lowest BCUT2D eigenvalue weighted by molar-refractivity contribution is 0.350. The molecule has 0 saturated heterocycles. The molecule has 0 radical (unpaired) electrons. The molecule has 0 aliphatic rings. The van der Waals surface area contributed by atoms with E-state index in [1.54, 1.807) is 0 Å². The molecule has 0 bridgehead atoms. The van der Waals surface area contributed by atoms with E-state index in [9.17, 15) is 0 Å². The van der Waals surface area contributed by atoms with E-state index in [1.807, 2.05) is 0 Å². The van der Waals surface area contributed by atoms with E-state index in [0.29, 0.717) is 5.41 Å². The van der Waals surface area contributed by atoms with E-state index in [0.717, 1.165) is 19.3 Å². The predicted molar refractivity (Wildman–Crippen MR) is 126 cm³/mol. The van der Waals surface area contributed by atoms with Gasteiger partial charge >= 0.3 is 0 Å². The maximum Gasteiger partial charge on any atom is 0.0459 e. The summed E-state index contributed by atoms with van der Waals surface area (Å²) in [6.07, 6.45) is 8.84. The lowest BCUT2D eigenvalue weighted by Gasteiger charge is -2.25. The molecule has 0 fully saturated rings. The van der Waals surface area contributed by atoms with Gasteiger partial charge in [-0.2, -0.15) is 0 Å². The molecule has 2 heteroatoms. The minimum absolute atomic E-state index is 0.193. The number of hydrogen-bond acceptors (Lipinski definition) is 0. The number of aromatic nitrogens is 2. The van der Waals surface area contributed by atoms with Crippen molar-refractivity contribution in [1.82, 2.24) is 9.97 Å². The third kappa shape index (κ3) is 4.27. The van der Waals surface area contributed by atoms with Gasteiger partial charge in [-0.15, -0.1) is 0 Å². The molecular weight excluding hydrogens is 352 g/mol. The van der Waals surface area contributed by atoms with Crippen molar-refractivity contribution >= 4 is 21.8 Å². The summed E-state index contributed by atoms with van der Waals surface area (Å²) in [6, 6.07) is 15.6. The highest BCUT2D eigenvalue weighted by Gasteiger charge is 2.22. The van der Waals surface area contributed by atoms with E-state index >= 15 is 0 Å². The summed E-state index contributed by atoms with van der Waals surface area (Å²) in [5, 5.41) is 2.73. The molecule has 2 nitrogen and oxygen atoms in total. The summed E-state index contributed by atoms with van der Waals surface area (Å²) in [5.74, 6) is 0. The largest absolute Gasteiger partial charge is 0.361 e. The Morgan fingerprint density at radius 3 is 2.03 bits per heavy atom. The van der Waals surface area contributed by atoms with Crippen molar-refractivity contribution in [3.05, 3.63) is 71.5 Å². The topological polar surface area (TPSA) is 31.6 Å². The third-order valence-electron chi connectivity index (χ3n) is 6.48. The van der Waals surface area contributed by atoms with Crippen LogP contribution in [0, 0.1) is 10.8 Å². The van der Waals surface area contributed by atoms with Crippen LogP contribution < -0.4 is 0 Å². The predicted octanol–water partition coefficient (Wildman–Crippen LogP) is 7.44. The molecule has 2 aromatic carbocycles. The average molecular weight is 387 g/mol. The number of fused-ring (bicyclic) bond motifs is 2. The molecule has 0 atom stereocenters. The summed E-state index contributed by atoms with van der Waals surface area (Å²) < 4.78 is 0. The number of nitrogens with one attached hydrogen (secondary N) is 2. The van der Waals surface area contributed by atoms with Crippen LogP contribution in [0.5, 0.6) is 0 Å². The van der Waals surface area contributed by atoms with E-state index in [4.69, 9.17) is 0 Å². The molecule has 0 amide bonds. The van der Waals surface area contributed by atoms with Crippen LogP contribution in [0.15, 0.2) is 54.9 Å². The van der Waals surface area contributed by atoms with Crippen LogP contribution in [0.4, 0.5) is 0 Å². The summed E-state index contributed by atoms with van der Waals surface area (Å²) in [6.45, 7) is 11.7. The lowest BCUT2D eigenvalue weighted by Crippen LogP contribution is -2.18. The standard InChI is InChI=1S/C27H34N2/c1-6-26(2,3)15-20-18-29-25-13-19(11-12-23(20)25)14-27(4,5)16-21-17-28-24-10-8-7-9-22(21)24/h7-13,17-18,28-29H,6,14-16H2,1-5H3. The van der Waals surface area contributed by atoms with Crippen LogP contribution in [0.25, 0.3) is 21.8 Å². The van der Waals surface area contributed by atoms with Crippen molar-refractivity contribution < 1.29 is 0 Å². The van der Waals surface area contributed by atoms with Crippen LogP contribution in [-0.4, -0.2) is 9.97 Å². The normalized spacial score (nSPS) is 12.9. The first-order chi connectivity index (χ1) is 13.8. The van der Waals surface area contributed by atoms with E-state index in [2.05, 4.69) is 99.4 Å². The Balaban J connectivity index is 1.54. The Morgan fingerprint density at radius 1 is 0.690 bits per heavy atom. The first-order valence-corrected chi connectivity index (χ1v) is 10.9. The Morgan fingerprint density at radius 2 is 1.31 bits per heavy atom. The maximum atomic E-state index is 3.53. The lowest BCUT2D eigenvalue weighted by atomic mass is 9.80. The Hall–Kier alpha value is -2.48. The molecule has 4 aromatic rings. The average Bonchev–Trinajstić information content (AvgIpc) is 3.25. The van der Waals surface area contributed by atoms with Gasteiger partial charge in [-0.05, 0) is 58.9 Å². The van der Waals surface area contributed by atoms with Gasteiger partial charge in [-0.1, -0.05) is 71.4 Å². The summed E-state index contributed by atoms with van der Waals surface area (Å²) in [7, 11) is 0. The van der Waals surface area contributed by atoms with Gasteiger partial charge in [0.1, 0.15) is 0 Å². The molecule has 2 aromatic heterocycles. The van der Waals surface area contributed by atoms with Crippen LogP contribution in [-0.2, 0) is 19.3 Å². The van der Waals surface area contributed by atoms with Crippen molar-refractivity contribution in [3.63, 3.8) is 0 Å². The highest BCUT2D eigenvalue weighted by molar-refractivity contribution is 5.84. The van der Waals surface area contributed by atoms with Crippen molar-refractivity contribution in [1.29, 1.82) is 0 Å². The molecule has 0 spiro atoms.